The van der Waals surface area contributed by atoms with Gasteiger partial charge in [-0.05, 0) is 52.1 Å². The molecule has 0 spiro atoms. The van der Waals surface area contributed by atoms with Gasteiger partial charge in [-0.15, -0.1) is 7.92 Å². The number of hydrogen-bond donors (Lipinski definition) is 0. The molecule has 0 aromatic heterocycles. The molecule has 0 saturated heterocycles. The maximum absolute atomic E-state index is 5.49. The Hall–Kier alpha value is 0.310. The van der Waals surface area contributed by atoms with Crippen molar-refractivity contribution in [1.29, 1.82) is 0 Å². The van der Waals surface area contributed by atoms with Crippen LogP contribution in [-0.4, -0.2) is 58.1 Å². The number of unbranched alkanes of at least 4 members (excludes halogenated alkanes) is 2. The lowest BCUT2D eigenvalue weighted by molar-refractivity contribution is 0.143. The Bertz CT molecular complexity index is 157. The van der Waals surface area contributed by atoms with Crippen LogP contribution < -0.4 is 0 Å². The molecule has 4 heteroatoms. The molecule has 0 aromatic carbocycles. The molecule has 0 aliphatic carbocycles. The minimum Gasteiger partial charge on any atom is -0.382 e. The van der Waals surface area contributed by atoms with Gasteiger partial charge in [-0.25, -0.2) is 0 Å². The first-order valence-corrected chi connectivity index (χ1v) is 9.70. The average molecular weight is 292 g/mol. The van der Waals surface area contributed by atoms with Crippen molar-refractivity contribution in [3.8, 4) is 0 Å². The van der Waals surface area contributed by atoms with Gasteiger partial charge in [0.05, 0.1) is 13.2 Å². The van der Waals surface area contributed by atoms with Crippen LogP contribution in [-0.2, 0) is 14.2 Å². The average Bonchev–Trinajstić information content (AvgIpc) is 2.42. The lowest BCUT2D eigenvalue weighted by atomic mass is 10.3. The first kappa shape index (κ1) is 19.3. The van der Waals surface area contributed by atoms with E-state index in [0.717, 1.165) is 39.6 Å². The molecule has 0 saturated carbocycles. The molecule has 0 rings (SSSR count). The zero-order chi connectivity index (χ0) is 14.2. The van der Waals surface area contributed by atoms with Gasteiger partial charge in [-0.3, -0.25) is 0 Å². The molecule has 0 aliphatic heterocycles. The number of ether oxygens (including phenoxy) is 3. The molecule has 0 aromatic rings. The standard InChI is InChI=1S/C15H33O3P/c1-4-16-10-8-7-9-13-19(14-11-17-5-2)15-12-18-6-3/h4-15H2,1-3H3. The highest BCUT2D eigenvalue weighted by Gasteiger charge is 2.07. The summed E-state index contributed by atoms with van der Waals surface area (Å²) in [6.07, 6.45) is 7.66. The van der Waals surface area contributed by atoms with Gasteiger partial charge in [0, 0.05) is 26.4 Å². The molecule has 0 radical (unpaired) electrons. The van der Waals surface area contributed by atoms with Crippen molar-refractivity contribution in [3.05, 3.63) is 0 Å². The van der Waals surface area contributed by atoms with Crippen LogP contribution in [0.5, 0.6) is 0 Å². The summed E-state index contributed by atoms with van der Waals surface area (Å²) in [4.78, 5) is 0. The van der Waals surface area contributed by atoms with Crippen molar-refractivity contribution >= 4 is 7.92 Å². The Morgan fingerprint density at radius 1 is 0.579 bits per heavy atom. The third-order valence-corrected chi connectivity index (χ3v) is 5.56. The molecular formula is C15H33O3P. The fourth-order valence-electron chi connectivity index (χ4n) is 1.87. The second-order valence-electron chi connectivity index (χ2n) is 4.49. The molecule has 3 nitrogen and oxygen atoms in total. The largest absolute Gasteiger partial charge is 0.382 e. The molecular weight excluding hydrogens is 259 g/mol. The SMILES string of the molecule is CCOCCCCCP(CCOCC)CCOCC. The summed E-state index contributed by atoms with van der Waals surface area (Å²) in [7, 11) is 0.101. The van der Waals surface area contributed by atoms with E-state index in [1.165, 1.54) is 37.7 Å². The summed E-state index contributed by atoms with van der Waals surface area (Å²) in [6, 6.07) is 0. The van der Waals surface area contributed by atoms with Crippen LogP contribution in [0.4, 0.5) is 0 Å². The van der Waals surface area contributed by atoms with Crippen molar-refractivity contribution in [2.75, 3.05) is 58.1 Å². The maximum atomic E-state index is 5.49. The van der Waals surface area contributed by atoms with E-state index in [4.69, 9.17) is 14.2 Å². The van der Waals surface area contributed by atoms with E-state index < -0.39 is 0 Å². The molecule has 0 fully saturated rings. The molecule has 0 heterocycles. The van der Waals surface area contributed by atoms with Crippen LogP contribution in [0.25, 0.3) is 0 Å². The second-order valence-corrected chi connectivity index (χ2v) is 7.18. The topological polar surface area (TPSA) is 27.7 Å². The van der Waals surface area contributed by atoms with Gasteiger partial charge < -0.3 is 14.2 Å². The van der Waals surface area contributed by atoms with Gasteiger partial charge in [0.25, 0.3) is 0 Å². The van der Waals surface area contributed by atoms with E-state index in [2.05, 4.69) is 20.8 Å². The number of hydrogen-bond acceptors (Lipinski definition) is 3. The Labute approximate surface area is 121 Å². The van der Waals surface area contributed by atoms with Crippen molar-refractivity contribution in [1.82, 2.24) is 0 Å². The zero-order valence-electron chi connectivity index (χ0n) is 13.2. The minimum atomic E-state index is 0.101. The summed E-state index contributed by atoms with van der Waals surface area (Å²) in [6.45, 7) is 11.5. The van der Waals surface area contributed by atoms with E-state index in [1.54, 1.807) is 0 Å². The highest BCUT2D eigenvalue weighted by atomic mass is 31.1. The molecule has 116 valence electrons. The van der Waals surface area contributed by atoms with Gasteiger partial charge in [0.15, 0.2) is 0 Å². The Balaban J connectivity index is 3.58. The van der Waals surface area contributed by atoms with Crippen molar-refractivity contribution in [2.24, 2.45) is 0 Å². The normalized spacial score (nSPS) is 11.4. The quantitative estimate of drug-likeness (QED) is 0.340. The lowest BCUT2D eigenvalue weighted by Gasteiger charge is -2.17. The van der Waals surface area contributed by atoms with Crippen molar-refractivity contribution in [2.45, 2.75) is 40.0 Å². The van der Waals surface area contributed by atoms with Gasteiger partial charge >= 0.3 is 0 Å². The zero-order valence-corrected chi connectivity index (χ0v) is 14.1. The smallest absolute Gasteiger partial charge is 0.0505 e. The van der Waals surface area contributed by atoms with E-state index in [-0.39, 0.29) is 7.92 Å². The van der Waals surface area contributed by atoms with Gasteiger partial charge in [-0.1, -0.05) is 6.42 Å². The van der Waals surface area contributed by atoms with Crippen LogP contribution in [0.2, 0.25) is 0 Å². The molecule has 0 bridgehead atoms. The number of rotatable bonds is 15. The highest BCUT2D eigenvalue weighted by Crippen LogP contribution is 2.36. The Morgan fingerprint density at radius 3 is 1.63 bits per heavy atom. The Morgan fingerprint density at radius 2 is 1.11 bits per heavy atom. The predicted octanol–water partition coefficient (Wildman–Crippen LogP) is 3.75. The fraction of sp³-hybridized carbons (Fsp3) is 1.00. The first-order valence-electron chi connectivity index (χ1n) is 7.80. The molecule has 0 unspecified atom stereocenters. The van der Waals surface area contributed by atoms with Crippen LogP contribution >= 0.6 is 7.92 Å². The molecule has 0 aliphatic rings. The highest BCUT2D eigenvalue weighted by molar-refractivity contribution is 7.57. The van der Waals surface area contributed by atoms with E-state index >= 15 is 0 Å². The summed E-state index contributed by atoms with van der Waals surface area (Å²) < 4.78 is 16.3. The van der Waals surface area contributed by atoms with Crippen molar-refractivity contribution < 1.29 is 14.2 Å². The lowest BCUT2D eigenvalue weighted by Crippen LogP contribution is -2.07. The van der Waals surface area contributed by atoms with Crippen LogP contribution in [0.15, 0.2) is 0 Å². The van der Waals surface area contributed by atoms with Crippen LogP contribution in [0.1, 0.15) is 40.0 Å². The fourth-order valence-corrected chi connectivity index (χ4v) is 3.99. The summed E-state index contributed by atoms with van der Waals surface area (Å²) in [5.41, 5.74) is 0. The predicted molar refractivity (Wildman–Crippen MR) is 84.9 cm³/mol. The van der Waals surface area contributed by atoms with E-state index in [9.17, 15) is 0 Å². The first-order chi connectivity index (χ1) is 9.35. The summed E-state index contributed by atoms with van der Waals surface area (Å²) >= 11 is 0. The monoisotopic (exact) mass is 292 g/mol. The third-order valence-electron chi connectivity index (χ3n) is 2.98. The third kappa shape index (κ3) is 14.5. The van der Waals surface area contributed by atoms with Crippen molar-refractivity contribution in [3.63, 3.8) is 0 Å². The molecule has 0 N–H and O–H groups in total. The maximum Gasteiger partial charge on any atom is 0.0505 e. The molecule has 0 amide bonds. The van der Waals surface area contributed by atoms with Gasteiger partial charge in [0.2, 0.25) is 0 Å². The second kappa shape index (κ2) is 16.4. The van der Waals surface area contributed by atoms with E-state index in [1.807, 2.05) is 0 Å². The summed E-state index contributed by atoms with van der Waals surface area (Å²) in [5.74, 6) is 0. The molecule has 0 atom stereocenters. The van der Waals surface area contributed by atoms with Gasteiger partial charge in [-0.2, -0.15) is 0 Å². The summed E-state index contributed by atoms with van der Waals surface area (Å²) in [5, 5.41) is 0. The Kier molecular flexibility index (Phi) is 16.6. The molecule has 19 heavy (non-hydrogen) atoms. The minimum absolute atomic E-state index is 0.101. The van der Waals surface area contributed by atoms with Crippen LogP contribution in [0, 0.1) is 0 Å². The van der Waals surface area contributed by atoms with E-state index in [0.29, 0.717) is 0 Å². The van der Waals surface area contributed by atoms with Crippen LogP contribution in [0.3, 0.4) is 0 Å². The van der Waals surface area contributed by atoms with Gasteiger partial charge in [0.1, 0.15) is 0 Å².